The molecule has 1 aliphatic heterocycles. The first-order valence-corrected chi connectivity index (χ1v) is 14.9. The van der Waals surface area contributed by atoms with Crippen molar-refractivity contribution < 1.29 is 19.1 Å². The van der Waals surface area contributed by atoms with Gasteiger partial charge in [0.05, 0.1) is 12.1 Å². The Bertz CT molecular complexity index is 957. The fourth-order valence-electron chi connectivity index (χ4n) is 5.53. The summed E-state index contributed by atoms with van der Waals surface area (Å²) >= 11 is 6.07. The molecule has 0 radical (unpaired) electrons. The standard InChI is InChI=1S/C30H47ClN4O4/c1-21(2)27(36)35(24-9-7-6-8-10-24)25-15-18-34(20-25)28(37)26(19-22-11-13-23(31)14-12-22)32-16-17-33-29(38)39-30(3,4)5/h11-14,21,24-26,32H,6-10,15-20H2,1-5H3,(H,33,38)/t25-,26+/m0/s1. The molecule has 3 rings (SSSR count). The van der Waals surface area contributed by atoms with Crippen LogP contribution < -0.4 is 10.6 Å². The summed E-state index contributed by atoms with van der Waals surface area (Å²) in [6, 6.07) is 7.38. The number of rotatable bonds is 10. The number of nitrogens with one attached hydrogen (secondary N) is 2. The predicted octanol–water partition coefficient (Wildman–Crippen LogP) is 4.78. The first kappa shape index (κ1) is 31.2. The average Bonchev–Trinajstić information content (AvgIpc) is 3.36. The summed E-state index contributed by atoms with van der Waals surface area (Å²) < 4.78 is 5.30. The van der Waals surface area contributed by atoms with Crippen molar-refractivity contribution in [1.82, 2.24) is 20.4 Å². The minimum atomic E-state index is -0.570. The van der Waals surface area contributed by atoms with Crippen LogP contribution in [0, 0.1) is 5.92 Å². The van der Waals surface area contributed by atoms with Crippen molar-refractivity contribution in [3.63, 3.8) is 0 Å². The summed E-state index contributed by atoms with van der Waals surface area (Å²) in [7, 11) is 0. The quantitative estimate of drug-likeness (QED) is 0.400. The van der Waals surface area contributed by atoms with Gasteiger partial charge in [-0.25, -0.2) is 4.79 Å². The van der Waals surface area contributed by atoms with Gasteiger partial charge in [-0.15, -0.1) is 0 Å². The maximum atomic E-state index is 13.8. The largest absolute Gasteiger partial charge is 0.444 e. The summed E-state index contributed by atoms with van der Waals surface area (Å²) in [5, 5.41) is 6.75. The van der Waals surface area contributed by atoms with E-state index in [1.807, 2.05) is 63.8 Å². The van der Waals surface area contributed by atoms with Gasteiger partial charge < -0.3 is 25.2 Å². The van der Waals surface area contributed by atoms with Crippen LogP contribution in [0.3, 0.4) is 0 Å². The molecule has 0 spiro atoms. The highest BCUT2D eigenvalue weighted by molar-refractivity contribution is 6.30. The lowest BCUT2D eigenvalue weighted by Gasteiger charge is -2.39. The predicted molar refractivity (Wildman–Crippen MR) is 155 cm³/mol. The van der Waals surface area contributed by atoms with Crippen molar-refractivity contribution in [3.8, 4) is 0 Å². The Balaban J connectivity index is 1.66. The number of amides is 3. The molecule has 0 bridgehead atoms. The van der Waals surface area contributed by atoms with Gasteiger partial charge in [-0.1, -0.05) is 56.8 Å². The molecule has 39 heavy (non-hydrogen) atoms. The van der Waals surface area contributed by atoms with E-state index in [0.29, 0.717) is 37.6 Å². The number of benzene rings is 1. The topological polar surface area (TPSA) is 91.0 Å². The first-order valence-electron chi connectivity index (χ1n) is 14.5. The summed E-state index contributed by atoms with van der Waals surface area (Å²) in [6.07, 6.45) is 6.47. The maximum Gasteiger partial charge on any atom is 0.407 e. The molecule has 9 heteroatoms. The lowest BCUT2D eigenvalue weighted by molar-refractivity contribution is -0.141. The third-order valence-corrected chi connectivity index (χ3v) is 7.67. The molecule has 1 aromatic rings. The van der Waals surface area contributed by atoms with Crippen molar-refractivity contribution in [2.75, 3.05) is 26.2 Å². The molecule has 1 aromatic carbocycles. The van der Waals surface area contributed by atoms with Gasteiger partial charge in [0, 0.05) is 43.2 Å². The number of hydrogen-bond acceptors (Lipinski definition) is 5. The second kappa shape index (κ2) is 14.4. The van der Waals surface area contributed by atoms with E-state index in [2.05, 4.69) is 15.5 Å². The number of halogens is 1. The number of likely N-dealkylation sites (tertiary alicyclic amines) is 1. The van der Waals surface area contributed by atoms with Crippen LogP contribution in [-0.2, 0) is 20.7 Å². The second-order valence-corrected chi connectivity index (χ2v) is 12.6. The van der Waals surface area contributed by atoms with Gasteiger partial charge in [0.15, 0.2) is 0 Å². The summed E-state index contributed by atoms with van der Waals surface area (Å²) in [6.45, 7) is 11.3. The highest BCUT2D eigenvalue weighted by Crippen LogP contribution is 2.29. The van der Waals surface area contributed by atoms with Crippen LogP contribution in [0.25, 0.3) is 0 Å². The van der Waals surface area contributed by atoms with Gasteiger partial charge in [-0.05, 0) is 64.2 Å². The fraction of sp³-hybridized carbons (Fsp3) is 0.700. The normalized spacial score (nSPS) is 19.2. The van der Waals surface area contributed by atoms with E-state index in [4.69, 9.17) is 16.3 Å². The molecule has 2 atom stereocenters. The third kappa shape index (κ3) is 9.67. The molecule has 1 aliphatic carbocycles. The highest BCUT2D eigenvalue weighted by atomic mass is 35.5. The van der Waals surface area contributed by atoms with Gasteiger partial charge >= 0.3 is 6.09 Å². The summed E-state index contributed by atoms with van der Waals surface area (Å²) in [4.78, 5) is 43.1. The van der Waals surface area contributed by atoms with Crippen LogP contribution in [0.15, 0.2) is 24.3 Å². The van der Waals surface area contributed by atoms with E-state index < -0.39 is 17.7 Å². The minimum absolute atomic E-state index is 0.0188. The molecule has 2 aliphatic rings. The van der Waals surface area contributed by atoms with Crippen LogP contribution in [0.4, 0.5) is 4.79 Å². The van der Waals surface area contributed by atoms with E-state index in [9.17, 15) is 14.4 Å². The Morgan fingerprint density at radius 2 is 1.69 bits per heavy atom. The Morgan fingerprint density at radius 3 is 2.31 bits per heavy atom. The molecular weight excluding hydrogens is 516 g/mol. The van der Waals surface area contributed by atoms with Crippen LogP contribution >= 0.6 is 11.6 Å². The molecule has 218 valence electrons. The van der Waals surface area contributed by atoms with Crippen molar-refractivity contribution >= 4 is 29.5 Å². The molecular formula is C30H47ClN4O4. The fourth-order valence-corrected chi connectivity index (χ4v) is 5.66. The minimum Gasteiger partial charge on any atom is -0.444 e. The maximum absolute atomic E-state index is 13.8. The molecule has 2 fully saturated rings. The number of nitrogens with zero attached hydrogens (tertiary/aromatic N) is 2. The number of alkyl carbamates (subject to hydrolysis) is 1. The van der Waals surface area contributed by atoms with E-state index >= 15 is 0 Å². The lowest BCUT2D eigenvalue weighted by atomic mass is 9.92. The molecule has 8 nitrogen and oxygen atoms in total. The van der Waals surface area contributed by atoms with Crippen LogP contribution in [0.2, 0.25) is 5.02 Å². The first-order chi connectivity index (χ1) is 18.4. The molecule has 1 saturated heterocycles. The Kier molecular flexibility index (Phi) is 11.5. The third-order valence-electron chi connectivity index (χ3n) is 7.42. The monoisotopic (exact) mass is 562 g/mol. The van der Waals surface area contributed by atoms with Gasteiger partial charge in [0.25, 0.3) is 0 Å². The van der Waals surface area contributed by atoms with Crippen molar-refractivity contribution in [2.24, 2.45) is 5.92 Å². The Morgan fingerprint density at radius 1 is 1.03 bits per heavy atom. The summed E-state index contributed by atoms with van der Waals surface area (Å²) in [5.41, 5.74) is 0.430. The van der Waals surface area contributed by atoms with Crippen molar-refractivity contribution in [1.29, 1.82) is 0 Å². The van der Waals surface area contributed by atoms with Gasteiger partial charge in [0.1, 0.15) is 5.60 Å². The van der Waals surface area contributed by atoms with E-state index in [1.165, 1.54) is 6.42 Å². The molecule has 1 heterocycles. The molecule has 0 unspecified atom stereocenters. The smallest absolute Gasteiger partial charge is 0.407 e. The van der Waals surface area contributed by atoms with Crippen LogP contribution in [0.1, 0.15) is 78.7 Å². The number of carbonyl (C=O) groups excluding carboxylic acids is 3. The van der Waals surface area contributed by atoms with Crippen molar-refractivity contribution in [2.45, 2.75) is 103 Å². The Labute approximate surface area is 239 Å². The van der Waals surface area contributed by atoms with E-state index in [-0.39, 0.29) is 29.8 Å². The van der Waals surface area contributed by atoms with Gasteiger partial charge in [0.2, 0.25) is 11.8 Å². The number of hydrogen-bond donors (Lipinski definition) is 2. The molecule has 3 amide bonds. The van der Waals surface area contributed by atoms with Gasteiger partial charge in [-0.2, -0.15) is 0 Å². The lowest BCUT2D eigenvalue weighted by Crippen LogP contribution is -2.52. The highest BCUT2D eigenvalue weighted by Gasteiger charge is 2.39. The second-order valence-electron chi connectivity index (χ2n) is 12.2. The number of ether oxygens (including phenoxy) is 1. The van der Waals surface area contributed by atoms with Crippen LogP contribution in [0.5, 0.6) is 0 Å². The zero-order valence-corrected chi connectivity index (χ0v) is 25.1. The van der Waals surface area contributed by atoms with Crippen molar-refractivity contribution in [3.05, 3.63) is 34.9 Å². The molecule has 0 aromatic heterocycles. The zero-order chi connectivity index (χ0) is 28.6. The Hall–Kier alpha value is -2.32. The number of carbonyl (C=O) groups is 3. The zero-order valence-electron chi connectivity index (χ0n) is 24.3. The SMILES string of the molecule is CC(C)C(=O)N(C1CCCCC1)[C@H]1CCN(C(=O)[C@@H](Cc2ccc(Cl)cc2)NCCNC(=O)OC(C)(C)C)C1. The van der Waals surface area contributed by atoms with Crippen LogP contribution in [-0.4, -0.2) is 77.6 Å². The molecule has 2 N–H and O–H groups in total. The van der Waals surface area contributed by atoms with Gasteiger partial charge in [-0.3, -0.25) is 9.59 Å². The van der Waals surface area contributed by atoms with E-state index in [1.54, 1.807) is 0 Å². The van der Waals surface area contributed by atoms with E-state index in [0.717, 1.165) is 37.7 Å². The average molecular weight is 563 g/mol. The summed E-state index contributed by atoms with van der Waals surface area (Å²) in [5.74, 6) is 0.157. The molecule has 1 saturated carbocycles.